The normalized spacial score (nSPS) is 15.6. The van der Waals surface area contributed by atoms with Gasteiger partial charge < -0.3 is 10.6 Å². The molecular formula is C12H17N3O3S. The van der Waals surface area contributed by atoms with Crippen LogP contribution in [0.2, 0.25) is 0 Å². The van der Waals surface area contributed by atoms with Crippen LogP contribution in [0.3, 0.4) is 0 Å². The summed E-state index contributed by atoms with van der Waals surface area (Å²) in [7, 11) is -3.52. The lowest BCUT2D eigenvalue weighted by Gasteiger charge is -2.26. The minimum atomic E-state index is -3.52. The first-order valence-corrected chi connectivity index (χ1v) is 7.81. The van der Waals surface area contributed by atoms with Crippen molar-refractivity contribution >= 4 is 21.7 Å². The molecule has 0 aromatic heterocycles. The summed E-state index contributed by atoms with van der Waals surface area (Å²) in [6.45, 7) is 0. The number of hydrogen-bond acceptors (Lipinski definition) is 3. The van der Waals surface area contributed by atoms with E-state index in [0.717, 1.165) is 19.3 Å². The molecule has 6 nitrogen and oxygen atoms in total. The molecule has 0 bridgehead atoms. The highest BCUT2D eigenvalue weighted by molar-refractivity contribution is 7.88. The second-order valence-corrected chi connectivity index (χ2v) is 6.34. The van der Waals surface area contributed by atoms with Crippen LogP contribution in [-0.4, -0.2) is 20.5 Å². The molecule has 19 heavy (non-hydrogen) atoms. The number of carbonyl (C=O) groups excluding carboxylic acids is 1. The van der Waals surface area contributed by atoms with Crippen LogP contribution in [0, 0.1) is 0 Å². The summed E-state index contributed by atoms with van der Waals surface area (Å²) in [4.78, 5) is 11.6. The first-order chi connectivity index (χ1) is 8.92. The third kappa shape index (κ3) is 4.53. The molecule has 104 valence electrons. The molecule has 0 heterocycles. The quantitative estimate of drug-likeness (QED) is 0.772. The van der Waals surface area contributed by atoms with Gasteiger partial charge in [-0.25, -0.2) is 18.4 Å². The van der Waals surface area contributed by atoms with Gasteiger partial charge in [0.05, 0.1) is 5.75 Å². The first kappa shape index (κ1) is 13.8. The summed E-state index contributed by atoms with van der Waals surface area (Å²) in [5, 5.41) is 10.5. The van der Waals surface area contributed by atoms with E-state index in [1.807, 2.05) is 0 Å². The average Bonchev–Trinajstić information content (AvgIpc) is 2.24. The Balaban J connectivity index is 1.89. The number of amides is 2. The number of sulfonamides is 1. The number of anilines is 1. The number of nitrogens with two attached hydrogens (primary N) is 1. The van der Waals surface area contributed by atoms with E-state index in [2.05, 4.69) is 10.6 Å². The molecule has 1 aromatic rings. The average molecular weight is 283 g/mol. The van der Waals surface area contributed by atoms with Crippen molar-refractivity contribution in [1.29, 1.82) is 0 Å². The van der Waals surface area contributed by atoms with Crippen molar-refractivity contribution in [3.63, 3.8) is 0 Å². The standard InChI is InChI=1S/C12H17N3O3S/c13-19(17,18)8-9-4-6-11(7-5-9)15-12(16)14-10-2-1-3-10/h4-7,10H,1-3,8H2,(H2,13,17,18)(H2,14,15,16). The lowest BCUT2D eigenvalue weighted by Crippen LogP contribution is -2.41. The SMILES string of the molecule is NS(=O)(=O)Cc1ccc(NC(=O)NC2CCC2)cc1. The summed E-state index contributed by atoms with van der Waals surface area (Å²) >= 11 is 0. The van der Waals surface area contributed by atoms with Gasteiger partial charge in [-0.05, 0) is 37.0 Å². The summed E-state index contributed by atoms with van der Waals surface area (Å²) in [6, 6.07) is 6.61. The second-order valence-electron chi connectivity index (χ2n) is 4.73. The van der Waals surface area contributed by atoms with E-state index < -0.39 is 10.0 Å². The van der Waals surface area contributed by atoms with Crippen molar-refractivity contribution in [3.8, 4) is 0 Å². The van der Waals surface area contributed by atoms with Gasteiger partial charge in [0.2, 0.25) is 10.0 Å². The molecule has 1 aliphatic carbocycles. The van der Waals surface area contributed by atoms with Gasteiger partial charge in [-0.1, -0.05) is 12.1 Å². The molecule has 0 radical (unpaired) electrons. The lowest BCUT2D eigenvalue weighted by molar-refractivity contribution is 0.240. The van der Waals surface area contributed by atoms with E-state index in [1.165, 1.54) is 0 Å². The Kier molecular flexibility index (Phi) is 4.06. The number of primary sulfonamides is 1. The van der Waals surface area contributed by atoms with Crippen molar-refractivity contribution in [2.75, 3.05) is 5.32 Å². The van der Waals surface area contributed by atoms with Crippen molar-refractivity contribution in [1.82, 2.24) is 5.32 Å². The fourth-order valence-corrected chi connectivity index (χ4v) is 2.48. The van der Waals surface area contributed by atoms with Crippen molar-refractivity contribution < 1.29 is 13.2 Å². The van der Waals surface area contributed by atoms with Gasteiger partial charge in [-0.3, -0.25) is 0 Å². The minimum absolute atomic E-state index is 0.207. The summed E-state index contributed by atoms with van der Waals surface area (Å²) < 4.78 is 21.8. The minimum Gasteiger partial charge on any atom is -0.335 e. The predicted molar refractivity (Wildman–Crippen MR) is 73.0 cm³/mol. The monoisotopic (exact) mass is 283 g/mol. The molecule has 4 N–H and O–H groups in total. The van der Waals surface area contributed by atoms with Crippen LogP contribution in [-0.2, 0) is 15.8 Å². The number of urea groups is 1. The molecule has 1 fully saturated rings. The van der Waals surface area contributed by atoms with Crippen molar-refractivity contribution in [2.45, 2.75) is 31.1 Å². The Bertz CT molecular complexity index is 550. The van der Waals surface area contributed by atoms with Gasteiger partial charge in [0.15, 0.2) is 0 Å². The Hall–Kier alpha value is -1.60. The van der Waals surface area contributed by atoms with Crippen molar-refractivity contribution in [2.24, 2.45) is 5.14 Å². The Morgan fingerprint density at radius 1 is 1.26 bits per heavy atom. The van der Waals surface area contributed by atoms with E-state index in [1.54, 1.807) is 24.3 Å². The smallest absolute Gasteiger partial charge is 0.319 e. The molecule has 1 aliphatic rings. The van der Waals surface area contributed by atoms with E-state index in [4.69, 9.17) is 5.14 Å². The fourth-order valence-electron chi connectivity index (χ4n) is 1.82. The number of nitrogens with one attached hydrogen (secondary N) is 2. The number of benzene rings is 1. The van der Waals surface area contributed by atoms with Crippen LogP contribution in [0.15, 0.2) is 24.3 Å². The van der Waals surface area contributed by atoms with Crippen LogP contribution in [0.5, 0.6) is 0 Å². The lowest BCUT2D eigenvalue weighted by atomic mass is 9.93. The molecule has 2 amide bonds. The van der Waals surface area contributed by atoms with Gasteiger partial charge in [-0.2, -0.15) is 0 Å². The first-order valence-electron chi connectivity index (χ1n) is 6.09. The van der Waals surface area contributed by atoms with E-state index in [-0.39, 0.29) is 17.8 Å². The second kappa shape index (κ2) is 5.58. The largest absolute Gasteiger partial charge is 0.335 e. The zero-order valence-electron chi connectivity index (χ0n) is 10.4. The molecule has 1 saturated carbocycles. The maximum Gasteiger partial charge on any atom is 0.319 e. The van der Waals surface area contributed by atoms with E-state index in [0.29, 0.717) is 11.3 Å². The van der Waals surface area contributed by atoms with Gasteiger partial charge in [-0.15, -0.1) is 0 Å². The third-order valence-electron chi connectivity index (χ3n) is 3.02. The van der Waals surface area contributed by atoms with Crippen LogP contribution in [0.25, 0.3) is 0 Å². The van der Waals surface area contributed by atoms with Gasteiger partial charge in [0.1, 0.15) is 0 Å². The summed E-state index contributed by atoms with van der Waals surface area (Å²) in [6.07, 6.45) is 3.22. The number of carbonyl (C=O) groups is 1. The van der Waals surface area contributed by atoms with E-state index in [9.17, 15) is 13.2 Å². The summed E-state index contributed by atoms with van der Waals surface area (Å²) in [5.74, 6) is -0.207. The zero-order valence-corrected chi connectivity index (χ0v) is 11.2. The molecule has 0 saturated heterocycles. The number of hydrogen-bond donors (Lipinski definition) is 3. The predicted octanol–water partition coefficient (Wildman–Crippen LogP) is 1.15. The maximum absolute atomic E-state index is 11.6. The van der Waals surface area contributed by atoms with Crippen LogP contribution in [0.4, 0.5) is 10.5 Å². The van der Waals surface area contributed by atoms with Crippen molar-refractivity contribution in [3.05, 3.63) is 29.8 Å². The highest BCUT2D eigenvalue weighted by atomic mass is 32.2. The van der Waals surface area contributed by atoms with Crippen LogP contribution < -0.4 is 15.8 Å². The molecular weight excluding hydrogens is 266 g/mol. The molecule has 0 spiro atoms. The summed E-state index contributed by atoms with van der Waals surface area (Å²) in [5.41, 5.74) is 1.21. The van der Waals surface area contributed by atoms with Gasteiger partial charge in [0.25, 0.3) is 0 Å². The zero-order chi connectivity index (χ0) is 13.9. The highest BCUT2D eigenvalue weighted by Crippen LogP contribution is 2.18. The molecule has 1 aromatic carbocycles. The topological polar surface area (TPSA) is 101 Å². The molecule has 0 unspecified atom stereocenters. The van der Waals surface area contributed by atoms with Crippen LogP contribution >= 0.6 is 0 Å². The fraction of sp³-hybridized carbons (Fsp3) is 0.417. The van der Waals surface area contributed by atoms with E-state index >= 15 is 0 Å². The van der Waals surface area contributed by atoms with Gasteiger partial charge in [0, 0.05) is 11.7 Å². The molecule has 7 heteroatoms. The van der Waals surface area contributed by atoms with Crippen LogP contribution in [0.1, 0.15) is 24.8 Å². The highest BCUT2D eigenvalue weighted by Gasteiger charge is 2.19. The molecule has 0 aliphatic heterocycles. The Morgan fingerprint density at radius 3 is 2.37 bits per heavy atom. The Morgan fingerprint density at radius 2 is 1.89 bits per heavy atom. The number of rotatable bonds is 4. The molecule has 0 atom stereocenters. The third-order valence-corrected chi connectivity index (χ3v) is 3.76. The molecule has 2 rings (SSSR count). The Labute approximate surface area is 112 Å². The van der Waals surface area contributed by atoms with Gasteiger partial charge >= 0.3 is 6.03 Å². The maximum atomic E-state index is 11.6.